The Balaban J connectivity index is 2.14. The number of piperidine rings is 1. The van der Waals surface area contributed by atoms with Crippen molar-refractivity contribution in [1.82, 2.24) is 4.90 Å². The second-order valence-corrected chi connectivity index (χ2v) is 6.73. The lowest BCUT2D eigenvalue weighted by Gasteiger charge is -2.34. The van der Waals surface area contributed by atoms with Crippen molar-refractivity contribution >= 4 is 37.8 Å². The Kier molecular flexibility index (Phi) is 4.33. The van der Waals surface area contributed by atoms with Crippen LogP contribution in [0.15, 0.2) is 22.7 Å². The number of alkyl halides is 1. The molecule has 1 aromatic rings. The zero-order chi connectivity index (χ0) is 13.3. The minimum atomic E-state index is -0.0193. The summed E-state index contributed by atoms with van der Waals surface area (Å²) in [5, 5.41) is 9.61. The molecule has 2 rings (SSSR count). The number of amides is 1. The summed E-state index contributed by atoms with van der Waals surface area (Å²) in [6, 6.07) is 4.93. The van der Waals surface area contributed by atoms with Gasteiger partial charge in [0.1, 0.15) is 5.75 Å². The average molecular weight is 377 g/mol. The third-order valence-electron chi connectivity index (χ3n) is 3.35. The minimum absolute atomic E-state index is 0.0193. The number of phenolic OH excluding ortho intramolecular Hbond substituents is 1. The second-order valence-electron chi connectivity index (χ2n) is 4.70. The van der Waals surface area contributed by atoms with Crippen molar-refractivity contribution in [2.75, 3.05) is 13.1 Å². The van der Waals surface area contributed by atoms with Gasteiger partial charge >= 0.3 is 0 Å². The molecule has 18 heavy (non-hydrogen) atoms. The highest BCUT2D eigenvalue weighted by molar-refractivity contribution is 9.10. The van der Waals surface area contributed by atoms with E-state index in [1.54, 1.807) is 12.1 Å². The molecule has 1 saturated heterocycles. The first-order chi connectivity index (χ1) is 8.49. The highest BCUT2D eigenvalue weighted by atomic mass is 79.9. The van der Waals surface area contributed by atoms with Crippen LogP contribution in [0.5, 0.6) is 5.75 Å². The summed E-state index contributed by atoms with van der Waals surface area (Å²) in [4.78, 5) is 14.5. The molecule has 0 saturated carbocycles. The van der Waals surface area contributed by atoms with E-state index in [-0.39, 0.29) is 11.7 Å². The number of likely N-dealkylation sites (tertiary alicyclic amines) is 1. The van der Waals surface area contributed by atoms with Crippen LogP contribution >= 0.6 is 31.9 Å². The highest BCUT2D eigenvalue weighted by Crippen LogP contribution is 2.27. The quantitative estimate of drug-likeness (QED) is 0.763. The molecular weight excluding hydrogens is 362 g/mol. The number of halogens is 2. The van der Waals surface area contributed by atoms with Crippen LogP contribution in [-0.4, -0.2) is 33.8 Å². The number of carbonyl (C=O) groups is 1. The fourth-order valence-corrected chi connectivity index (χ4v) is 2.90. The molecule has 5 heteroatoms. The van der Waals surface area contributed by atoms with E-state index >= 15 is 0 Å². The maximum absolute atomic E-state index is 12.3. The normalized spacial score (nSPS) is 24.1. The molecule has 98 valence electrons. The van der Waals surface area contributed by atoms with Crippen molar-refractivity contribution in [2.24, 2.45) is 5.92 Å². The van der Waals surface area contributed by atoms with Crippen molar-refractivity contribution in [3.63, 3.8) is 0 Å². The van der Waals surface area contributed by atoms with Gasteiger partial charge in [0.05, 0.1) is 4.47 Å². The van der Waals surface area contributed by atoms with Gasteiger partial charge in [-0.2, -0.15) is 0 Å². The predicted octanol–water partition coefficient (Wildman–Crippen LogP) is 3.40. The molecule has 0 spiro atoms. The molecule has 1 aliphatic rings. The molecule has 1 fully saturated rings. The summed E-state index contributed by atoms with van der Waals surface area (Å²) in [5.74, 6) is 0.670. The molecule has 0 aliphatic carbocycles. The van der Waals surface area contributed by atoms with Gasteiger partial charge in [-0.3, -0.25) is 4.79 Å². The van der Waals surface area contributed by atoms with Crippen LogP contribution in [-0.2, 0) is 0 Å². The Labute approximate surface area is 123 Å². The molecule has 1 amide bonds. The summed E-state index contributed by atoms with van der Waals surface area (Å²) >= 11 is 6.82. The van der Waals surface area contributed by atoms with Crippen molar-refractivity contribution < 1.29 is 9.90 Å². The molecule has 1 N–H and O–H groups in total. The smallest absolute Gasteiger partial charge is 0.254 e. The van der Waals surface area contributed by atoms with Crippen LogP contribution in [0.4, 0.5) is 0 Å². The van der Waals surface area contributed by atoms with Crippen LogP contribution < -0.4 is 0 Å². The van der Waals surface area contributed by atoms with E-state index in [4.69, 9.17) is 0 Å². The van der Waals surface area contributed by atoms with Gasteiger partial charge in [0.15, 0.2) is 0 Å². The van der Waals surface area contributed by atoms with E-state index < -0.39 is 0 Å². The highest BCUT2D eigenvalue weighted by Gasteiger charge is 2.27. The second kappa shape index (κ2) is 5.61. The van der Waals surface area contributed by atoms with Gasteiger partial charge in [0, 0.05) is 23.5 Å². The van der Waals surface area contributed by atoms with Crippen molar-refractivity contribution in [3.05, 3.63) is 28.2 Å². The predicted molar refractivity (Wildman–Crippen MR) is 78.2 cm³/mol. The number of rotatable bonds is 1. The molecule has 1 heterocycles. The van der Waals surface area contributed by atoms with Crippen LogP contribution in [0.3, 0.4) is 0 Å². The maximum atomic E-state index is 12.3. The number of hydrogen-bond donors (Lipinski definition) is 1. The molecule has 3 nitrogen and oxygen atoms in total. The van der Waals surface area contributed by atoms with Gasteiger partial charge in [-0.1, -0.05) is 22.9 Å². The molecule has 0 aromatic heterocycles. The molecule has 1 aromatic carbocycles. The molecule has 0 bridgehead atoms. The summed E-state index contributed by atoms with van der Waals surface area (Å²) in [7, 11) is 0. The fraction of sp³-hybridized carbons (Fsp3) is 0.462. The molecule has 2 unspecified atom stereocenters. The number of benzene rings is 1. The number of phenols is 1. The van der Waals surface area contributed by atoms with Crippen LogP contribution in [0.2, 0.25) is 0 Å². The number of nitrogens with zero attached hydrogens (tertiary/aromatic N) is 1. The number of carbonyl (C=O) groups excluding carboxylic acids is 1. The van der Waals surface area contributed by atoms with Gasteiger partial charge in [-0.15, -0.1) is 0 Å². The first-order valence-electron chi connectivity index (χ1n) is 5.91. The Morgan fingerprint density at radius 1 is 1.50 bits per heavy atom. The van der Waals surface area contributed by atoms with Crippen molar-refractivity contribution in [1.29, 1.82) is 0 Å². The van der Waals surface area contributed by atoms with Gasteiger partial charge in [0.2, 0.25) is 0 Å². The minimum Gasteiger partial charge on any atom is -0.507 e. The molecular formula is C13H15Br2NO2. The fourth-order valence-electron chi connectivity index (χ4n) is 2.03. The summed E-state index contributed by atoms with van der Waals surface area (Å²) in [6.07, 6.45) is 1.00. The molecule has 2 atom stereocenters. The van der Waals surface area contributed by atoms with Gasteiger partial charge < -0.3 is 10.0 Å². The topological polar surface area (TPSA) is 40.5 Å². The molecule has 1 aliphatic heterocycles. The lowest BCUT2D eigenvalue weighted by Crippen LogP contribution is -2.43. The van der Waals surface area contributed by atoms with E-state index in [0.717, 1.165) is 19.5 Å². The standard InChI is InChI=1S/C13H15Br2NO2/c1-8-4-5-16(7-11(8)15)13(18)9-2-3-10(14)12(17)6-9/h2-3,6,8,11,17H,4-5,7H2,1H3. The Hall–Kier alpha value is -0.550. The number of hydrogen-bond acceptors (Lipinski definition) is 2. The van der Waals surface area contributed by atoms with E-state index in [2.05, 4.69) is 38.8 Å². The van der Waals surface area contributed by atoms with E-state index in [1.165, 1.54) is 6.07 Å². The molecule has 0 radical (unpaired) electrons. The van der Waals surface area contributed by atoms with E-state index in [9.17, 15) is 9.90 Å². The average Bonchev–Trinajstić information content (AvgIpc) is 2.35. The largest absolute Gasteiger partial charge is 0.507 e. The van der Waals surface area contributed by atoms with E-state index in [0.29, 0.717) is 20.8 Å². The van der Waals surface area contributed by atoms with Gasteiger partial charge in [0.25, 0.3) is 5.91 Å². The summed E-state index contributed by atoms with van der Waals surface area (Å²) < 4.78 is 0.602. The first-order valence-corrected chi connectivity index (χ1v) is 7.61. The van der Waals surface area contributed by atoms with Crippen molar-refractivity contribution in [2.45, 2.75) is 18.2 Å². The van der Waals surface area contributed by atoms with Crippen LogP contribution in [0, 0.1) is 5.92 Å². The van der Waals surface area contributed by atoms with Gasteiger partial charge in [-0.25, -0.2) is 0 Å². The summed E-state index contributed by atoms with van der Waals surface area (Å²) in [6.45, 7) is 3.68. The lowest BCUT2D eigenvalue weighted by molar-refractivity contribution is 0.0705. The van der Waals surface area contributed by atoms with E-state index in [1.807, 2.05) is 4.90 Å². The number of aromatic hydroxyl groups is 1. The van der Waals surface area contributed by atoms with Gasteiger partial charge in [-0.05, 0) is 46.5 Å². The Morgan fingerprint density at radius 2 is 2.22 bits per heavy atom. The SMILES string of the molecule is CC1CCN(C(=O)c2ccc(Br)c(O)c2)CC1Br. The third kappa shape index (κ3) is 2.88. The first kappa shape index (κ1) is 13.9. The maximum Gasteiger partial charge on any atom is 0.254 e. The Morgan fingerprint density at radius 3 is 2.83 bits per heavy atom. The van der Waals surface area contributed by atoms with Crippen LogP contribution in [0.1, 0.15) is 23.7 Å². The zero-order valence-corrected chi connectivity index (χ0v) is 13.2. The summed E-state index contributed by atoms with van der Waals surface area (Å²) in [5.41, 5.74) is 0.532. The van der Waals surface area contributed by atoms with Crippen LogP contribution in [0.25, 0.3) is 0 Å². The monoisotopic (exact) mass is 375 g/mol. The lowest BCUT2D eigenvalue weighted by atomic mass is 9.98. The Bertz CT molecular complexity index is 464. The zero-order valence-electron chi connectivity index (χ0n) is 10.1. The third-order valence-corrected chi connectivity index (χ3v) is 5.21. The van der Waals surface area contributed by atoms with Crippen molar-refractivity contribution in [3.8, 4) is 5.75 Å².